The van der Waals surface area contributed by atoms with Crippen LogP contribution in [0.5, 0.6) is 0 Å². The van der Waals surface area contributed by atoms with Crippen molar-refractivity contribution in [3.05, 3.63) is 35.4 Å². The molecule has 2 nitrogen and oxygen atoms in total. The number of piperazine rings is 1. The lowest BCUT2D eigenvalue weighted by Crippen LogP contribution is -2.46. The number of rotatable bonds is 5. The maximum Gasteiger partial charge on any atom is 0.0234 e. The molecule has 0 aromatic heterocycles. The number of benzene rings is 1. The van der Waals surface area contributed by atoms with Crippen LogP contribution in [0.15, 0.2) is 24.3 Å². The molecular formula is C15H24N2S. The number of thiol groups is 1. The third-order valence-corrected chi connectivity index (χ3v) is 3.94. The average Bonchev–Trinajstić information content (AvgIpc) is 2.41. The van der Waals surface area contributed by atoms with Crippen LogP contribution in [0.2, 0.25) is 0 Å². The van der Waals surface area contributed by atoms with Crippen molar-refractivity contribution >= 4 is 12.6 Å². The van der Waals surface area contributed by atoms with Gasteiger partial charge in [-0.15, -0.1) is 0 Å². The molecule has 1 fully saturated rings. The second-order valence-electron chi connectivity index (χ2n) is 5.18. The number of nitrogens with zero attached hydrogens (tertiary/aromatic N) is 2. The maximum atomic E-state index is 4.28. The van der Waals surface area contributed by atoms with E-state index >= 15 is 0 Å². The molecule has 1 aliphatic heterocycles. The zero-order valence-electron chi connectivity index (χ0n) is 11.3. The Morgan fingerprint density at radius 1 is 1.00 bits per heavy atom. The van der Waals surface area contributed by atoms with Gasteiger partial charge < -0.3 is 4.90 Å². The van der Waals surface area contributed by atoms with Crippen molar-refractivity contribution in [2.24, 2.45) is 0 Å². The lowest BCUT2D eigenvalue weighted by atomic mass is 10.1. The molecule has 0 amide bonds. The molecule has 0 saturated carbocycles. The van der Waals surface area contributed by atoms with Crippen LogP contribution in [0.25, 0.3) is 0 Å². The van der Waals surface area contributed by atoms with Gasteiger partial charge in [-0.2, -0.15) is 12.6 Å². The maximum absolute atomic E-state index is 4.28. The van der Waals surface area contributed by atoms with E-state index in [9.17, 15) is 0 Å². The lowest BCUT2D eigenvalue weighted by molar-refractivity contribution is 0.127. The highest BCUT2D eigenvalue weighted by atomic mass is 32.1. The SMILES string of the molecule is Cc1ccc(CN2CCN(CCCS)CC2)cc1. The predicted molar refractivity (Wildman–Crippen MR) is 81.4 cm³/mol. The molecule has 2 rings (SSSR count). The van der Waals surface area contributed by atoms with Gasteiger partial charge in [-0.3, -0.25) is 4.90 Å². The smallest absolute Gasteiger partial charge is 0.0234 e. The van der Waals surface area contributed by atoms with Crippen LogP contribution in [0.4, 0.5) is 0 Å². The van der Waals surface area contributed by atoms with Crippen LogP contribution < -0.4 is 0 Å². The number of hydrogen-bond donors (Lipinski definition) is 1. The standard InChI is InChI=1S/C15H24N2S/c1-14-3-5-15(6-4-14)13-17-10-8-16(9-11-17)7-2-12-18/h3-6,18H,2,7-13H2,1H3. The highest BCUT2D eigenvalue weighted by Gasteiger charge is 2.16. The highest BCUT2D eigenvalue weighted by Crippen LogP contribution is 2.10. The normalized spacial score (nSPS) is 18.1. The van der Waals surface area contributed by atoms with Crippen LogP contribution >= 0.6 is 12.6 Å². The van der Waals surface area contributed by atoms with E-state index in [-0.39, 0.29) is 0 Å². The first-order valence-corrected chi connectivity index (χ1v) is 7.52. The zero-order valence-corrected chi connectivity index (χ0v) is 12.2. The summed E-state index contributed by atoms with van der Waals surface area (Å²) in [5.74, 6) is 1.00. The summed E-state index contributed by atoms with van der Waals surface area (Å²) in [6.07, 6.45) is 1.21. The topological polar surface area (TPSA) is 6.48 Å². The van der Waals surface area contributed by atoms with E-state index in [1.807, 2.05) is 0 Å². The van der Waals surface area contributed by atoms with Gasteiger partial charge in [0.25, 0.3) is 0 Å². The van der Waals surface area contributed by atoms with Crippen molar-refractivity contribution in [1.29, 1.82) is 0 Å². The minimum Gasteiger partial charge on any atom is -0.301 e. The molecule has 1 aromatic rings. The molecule has 100 valence electrons. The van der Waals surface area contributed by atoms with Crippen LogP contribution in [-0.4, -0.2) is 48.3 Å². The van der Waals surface area contributed by atoms with Gasteiger partial charge in [-0.1, -0.05) is 29.8 Å². The van der Waals surface area contributed by atoms with Gasteiger partial charge >= 0.3 is 0 Å². The Bertz CT molecular complexity index is 342. The summed E-state index contributed by atoms with van der Waals surface area (Å²) in [5, 5.41) is 0. The number of hydrogen-bond acceptors (Lipinski definition) is 3. The number of aryl methyl sites for hydroxylation is 1. The minimum absolute atomic E-state index is 1.00. The third kappa shape index (κ3) is 4.30. The summed E-state index contributed by atoms with van der Waals surface area (Å²) in [6, 6.07) is 8.92. The summed E-state index contributed by atoms with van der Waals surface area (Å²) in [6.45, 7) is 9.26. The molecule has 0 bridgehead atoms. The van der Waals surface area contributed by atoms with Crippen LogP contribution in [-0.2, 0) is 6.54 Å². The molecule has 1 saturated heterocycles. The van der Waals surface area contributed by atoms with E-state index in [1.165, 1.54) is 50.3 Å². The first kappa shape index (κ1) is 13.9. The molecule has 18 heavy (non-hydrogen) atoms. The molecule has 0 aliphatic carbocycles. The summed E-state index contributed by atoms with van der Waals surface area (Å²) >= 11 is 4.28. The molecule has 0 N–H and O–H groups in total. The van der Waals surface area contributed by atoms with Crippen molar-refractivity contribution in [2.75, 3.05) is 38.5 Å². The lowest BCUT2D eigenvalue weighted by Gasteiger charge is -2.34. The van der Waals surface area contributed by atoms with Gasteiger partial charge in [0.1, 0.15) is 0 Å². The molecule has 0 unspecified atom stereocenters. The van der Waals surface area contributed by atoms with E-state index in [0.29, 0.717) is 0 Å². The first-order valence-electron chi connectivity index (χ1n) is 6.89. The summed E-state index contributed by atoms with van der Waals surface area (Å²) in [5.41, 5.74) is 2.78. The molecule has 0 radical (unpaired) electrons. The Hall–Kier alpha value is -0.510. The Kier molecular flexibility index (Phi) is 5.54. The Morgan fingerprint density at radius 3 is 2.22 bits per heavy atom. The Morgan fingerprint density at radius 2 is 1.61 bits per heavy atom. The van der Waals surface area contributed by atoms with E-state index < -0.39 is 0 Å². The second kappa shape index (κ2) is 7.17. The molecule has 0 atom stereocenters. The molecule has 3 heteroatoms. The molecular weight excluding hydrogens is 240 g/mol. The zero-order chi connectivity index (χ0) is 12.8. The van der Waals surface area contributed by atoms with Crippen LogP contribution in [0, 0.1) is 6.92 Å². The minimum atomic E-state index is 1.00. The van der Waals surface area contributed by atoms with Crippen LogP contribution in [0.3, 0.4) is 0 Å². The average molecular weight is 264 g/mol. The molecule has 1 aliphatic rings. The van der Waals surface area contributed by atoms with Crippen LogP contribution in [0.1, 0.15) is 17.5 Å². The van der Waals surface area contributed by atoms with Gasteiger partial charge in [0.15, 0.2) is 0 Å². The van der Waals surface area contributed by atoms with E-state index in [4.69, 9.17) is 0 Å². The molecule has 1 aromatic carbocycles. The van der Waals surface area contributed by atoms with Gasteiger partial charge in [0.2, 0.25) is 0 Å². The monoisotopic (exact) mass is 264 g/mol. The largest absolute Gasteiger partial charge is 0.301 e. The van der Waals surface area contributed by atoms with Gasteiger partial charge in [-0.05, 0) is 31.2 Å². The van der Waals surface area contributed by atoms with E-state index in [0.717, 1.165) is 12.3 Å². The van der Waals surface area contributed by atoms with Gasteiger partial charge in [0, 0.05) is 32.7 Å². The van der Waals surface area contributed by atoms with Crippen molar-refractivity contribution in [1.82, 2.24) is 9.80 Å². The fourth-order valence-corrected chi connectivity index (χ4v) is 2.56. The molecule has 0 spiro atoms. The Labute approximate surface area is 116 Å². The Balaban J connectivity index is 1.74. The van der Waals surface area contributed by atoms with Crippen molar-refractivity contribution in [2.45, 2.75) is 19.9 Å². The van der Waals surface area contributed by atoms with Crippen molar-refractivity contribution in [3.63, 3.8) is 0 Å². The fourth-order valence-electron chi connectivity index (χ4n) is 2.42. The first-order chi connectivity index (χ1) is 8.78. The van der Waals surface area contributed by atoms with Crippen molar-refractivity contribution in [3.8, 4) is 0 Å². The van der Waals surface area contributed by atoms with E-state index in [2.05, 4.69) is 53.6 Å². The highest BCUT2D eigenvalue weighted by molar-refractivity contribution is 7.80. The summed E-state index contributed by atoms with van der Waals surface area (Å²) in [7, 11) is 0. The predicted octanol–water partition coefficient (Wildman–Crippen LogP) is 2.43. The van der Waals surface area contributed by atoms with Gasteiger partial charge in [-0.25, -0.2) is 0 Å². The van der Waals surface area contributed by atoms with E-state index in [1.54, 1.807) is 0 Å². The second-order valence-corrected chi connectivity index (χ2v) is 5.63. The fraction of sp³-hybridized carbons (Fsp3) is 0.600. The quantitative estimate of drug-likeness (QED) is 0.816. The molecule has 1 heterocycles. The van der Waals surface area contributed by atoms with Gasteiger partial charge in [0.05, 0.1) is 0 Å². The van der Waals surface area contributed by atoms with Crippen molar-refractivity contribution < 1.29 is 0 Å². The third-order valence-electron chi connectivity index (χ3n) is 3.62. The summed E-state index contributed by atoms with van der Waals surface area (Å²) < 4.78 is 0. The summed E-state index contributed by atoms with van der Waals surface area (Å²) in [4.78, 5) is 5.11.